The number of nitrogens with zero attached hydrogens (tertiary/aromatic N) is 1. The van der Waals surface area contributed by atoms with Crippen molar-refractivity contribution in [1.29, 1.82) is 0 Å². The maximum Gasteiger partial charge on any atom is 0.336 e. The molecule has 6 nitrogen and oxygen atoms in total. The van der Waals surface area contributed by atoms with E-state index in [-0.39, 0.29) is 9.77 Å². The van der Waals surface area contributed by atoms with Crippen molar-refractivity contribution >= 4 is 44.8 Å². The molecule has 0 spiro atoms. The molecule has 112 valence electrons. The minimum Gasteiger partial charge on any atom is -0.478 e. The van der Waals surface area contributed by atoms with Gasteiger partial charge in [0, 0.05) is 5.38 Å². The molecule has 0 saturated heterocycles. The molecular weight excluding hydrogens is 332 g/mol. The van der Waals surface area contributed by atoms with Gasteiger partial charge in [0.25, 0.3) is 10.0 Å². The summed E-state index contributed by atoms with van der Waals surface area (Å²) < 4.78 is 26.6. The Morgan fingerprint density at radius 3 is 2.76 bits per heavy atom. The first-order valence-corrected chi connectivity index (χ1v) is 9.20. The summed E-state index contributed by atoms with van der Waals surface area (Å²) in [4.78, 5) is 14.9. The van der Waals surface area contributed by atoms with Crippen molar-refractivity contribution in [1.82, 2.24) is 4.98 Å². The molecule has 2 heterocycles. The molecule has 0 saturated carbocycles. The number of thiophene rings is 1. The fourth-order valence-electron chi connectivity index (χ4n) is 1.45. The number of aromatic carboxylic acids is 1. The van der Waals surface area contributed by atoms with Crippen LogP contribution in [0.5, 0.6) is 0 Å². The third-order valence-electron chi connectivity index (χ3n) is 2.37. The van der Waals surface area contributed by atoms with Crippen LogP contribution in [0.25, 0.3) is 0 Å². The Hall–Kier alpha value is -1.58. The molecule has 21 heavy (non-hydrogen) atoms. The molecule has 0 unspecified atom stereocenters. The molecule has 0 aromatic carbocycles. The molecule has 2 N–H and O–H groups in total. The van der Waals surface area contributed by atoms with Crippen LogP contribution in [0.2, 0.25) is 0 Å². The van der Waals surface area contributed by atoms with E-state index in [1.165, 1.54) is 11.6 Å². The molecule has 0 aliphatic rings. The van der Waals surface area contributed by atoms with Crippen molar-refractivity contribution in [3.05, 3.63) is 35.3 Å². The highest BCUT2D eigenvalue weighted by atomic mass is 32.2. The van der Waals surface area contributed by atoms with E-state index in [1.807, 2.05) is 6.92 Å². The van der Waals surface area contributed by atoms with E-state index in [4.69, 9.17) is 5.11 Å². The van der Waals surface area contributed by atoms with E-state index in [0.29, 0.717) is 5.69 Å². The van der Waals surface area contributed by atoms with Crippen LogP contribution in [0.1, 0.15) is 17.3 Å². The fourth-order valence-corrected chi connectivity index (χ4v) is 4.23. The standard InChI is InChI=1S/C12H12N2O4S3/c1-2-19-10-4-3-9(6-13-10)14-21(17,18)11-5-8(7-20-11)12(15)16/h3-7,14H,2H2,1H3,(H,15,16). The first-order valence-electron chi connectivity index (χ1n) is 5.86. The van der Waals surface area contributed by atoms with Gasteiger partial charge in [-0.1, -0.05) is 6.92 Å². The Kier molecular flexibility index (Phi) is 4.86. The summed E-state index contributed by atoms with van der Waals surface area (Å²) in [5.41, 5.74) is 0.286. The van der Waals surface area contributed by atoms with Crippen LogP contribution in [-0.2, 0) is 10.0 Å². The number of sulfonamides is 1. The average Bonchev–Trinajstić information content (AvgIpc) is 2.92. The van der Waals surface area contributed by atoms with Crippen LogP contribution in [0, 0.1) is 0 Å². The second-order valence-corrected chi connectivity index (χ2v) is 7.99. The third-order valence-corrected chi connectivity index (χ3v) is 6.01. The summed E-state index contributed by atoms with van der Waals surface area (Å²) in [5.74, 6) is -0.277. The maximum absolute atomic E-state index is 12.1. The third kappa shape index (κ3) is 3.96. The molecule has 0 fully saturated rings. The molecule has 2 aromatic heterocycles. The summed E-state index contributed by atoms with van der Waals surface area (Å²) in [6.07, 6.45) is 1.43. The monoisotopic (exact) mass is 344 g/mol. The number of hydrogen-bond donors (Lipinski definition) is 2. The summed E-state index contributed by atoms with van der Waals surface area (Å²) in [5, 5.41) is 10.9. The van der Waals surface area contributed by atoms with Crippen LogP contribution in [0.4, 0.5) is 5.69 Å². The number of nitrogens with one attached hydrogen (secondary N) is 1. The first kappa shape index (κ1) is 15.8. The molecule has 0 radical (unpaired) electrons. The fraction of sp³-hybridized carbons (Fsp3) is 0.167. The molecule has 0 aliphatic heterocycles. The second kappa shape index (κ2) is 6.46. The number of aromatic nitrogens is 1. The van der Waals surface area contributed by atoms with Crippen molar-refractivity contribution in [2.45, 2.75) is 16.2 Å². The maximum atomic E-state index is 12.1. The van der Waals surface area contributed by atoms with Gasteiger partial charge in [0.1, 0.15) is 4.21 Å². The van der Waals surface area contributed by atoms with Crippen LogP contribution in [0.15, 0.2) is 39.0 Å². The molecular formula is C12H12N2O4S3. The van der Waals surface area contributed by atoms with E-state index < -0.39 is 16.0 Å². The van der Waals surface area contributed by atoms with Crippen molar-refractivity contribution < 1.29 is 18.3 Å². The Morgan fingerprint density at radius 1 is 1.48 bits per heavy atom. The number of pyridine rings is 1. The predicted octanol–water partition coefficient (Wildman–Crippen LogP) is 2.75. The zero-order chi connectivity index (χ0) is 15.5. The predicted molar refractivity (Wildman–Crippen MR) is 82.7 cm³/mol. The van der Waals surface area contributed by atoms with Crippen molar-refractivity contribution in [2.24, 2.45) is 0 Å². The van der Waals surface area contributed by atoms with E-state index in [0.717, 1.165) is 28.2 Å². The lowest BCUT2D eigenvalue weighted by atomic mass is 10.4. The van der Waals surface area contributed by atoms with Crippen molar-refractivity contribution in [3.8, 4) is 0 Å². The van der Waals surface area contributed by atoms with E-state index >= 15 is 0 Å². The minimum absolute atomic E-state index is 0.0480. The summed E-state index contributed by atoms with van der Waals surface area (Å²) >= 11 is 2.41. The van der Waals surface area contributed by atoms with Gasteiger partial charge in [-0.3, -0.25) is 4.72 Å². The van der Waals surface area contributed by atoms with Gasteiger partial charge in [-0.05, 0) is 24.0 Å². The highest BCUT2D eigenvalue weighted by molar-refractivity contribution is 7.99. The van der Waals surface area contributed by atoms with E-state index in [1.54, 1.807) is 23.9 Å². The average molecular weight is 344 g/mol. The Balaban J connectivity index is 2.18. The molecule has 0 aliphatic carbocycles. The van der Waals surface area contributed by atoms with Gasteiger partial charge in [0.2, 0.25) is 0 Å². The molecule has 2 aromatic rings. The quantitative estimate of drug-likeness (QED) is 0.782. The van der Waals surface area contributed by atoms with Gasteiger partial charge < -0.3 is 5.11 Å². The minimum atomic E-state index is -3.79. The summed E-state index contributed by atoms with van der Waals surface area (Å²) in [7, 11) is -3.79. The summed E-state index contributed by atoms with van der Waals surface area (Å²) in [6, 6.07) is 4.47. The Labute approximate surface area is 130 Å². The normalized spacial score (nSPS) is 11.3. The number of hydrogen-bond acceptors (Lipinski definition) is 6. The smallest absolute Gasteiger partial charge is 0.336 e. The molecule has 0 bridgehead atoms. The van der Waals surface area contributed by atoms with Gasteiger partial charge >= 0.3 is 5.97 Å². The topological polar surface area (TPSA) is 96.4 Å². The highest BCUT2D eigenvalue weighted by Gasteiger charge is 2.19. The van der Waals surface area contributed by atoms with Gasteiger partial charge in [-0.15, -0.1) is 23.1 Å². The lowest BCUT2D eigenvalue weighted by Crippen LogP contribution is -2.11. The number of carboxylic acids is 1. The van der Waals surface area contributed by atoms with Gasteiger partial charge in [0.05, 0.1) is 22.5 Å². The van der Waals surface area contributed by atoms with Crippen molar-refractivity contribution in [2.75, 3.05) is 10.5 Å². The number of thioether (sulfide) groups is 1. The Bertz CT molecular complexity index is 738. The van der Waals surface area contributed by atoms with Crippen LogP contribution in [-0.4, -0.2) is 30.2 Å². The lowest BCUT2D eigenvalue weighted by molar-refractivity contribution is 0.0697. The van der Waals surface area contributed by atoms with Crippen molar-refractivity contribution in [3.63, 3.8) is 0 Å². The molecule has 0 atom stereocenters. The second-order valence-electron chi connectivity index (χ2n) is 3.88. The SMILES string of the molecule is CCSc1ccc(NS(=O)(=O)c2cc(C(=O)O)cs2)cn1. The van der Waals surface area contributed by atoms with Gasteiger partial charge in [-0.2, -0.15) is 0 Å². The number of anilines is 1. The first-order chi connectivity index (χ1) is 9.92. The summed E-state index contributed by atoms with van der Waals surface area (Å²) in [6.45, 7) is 2.00. The molecule has 9 heteroatoms. The van der Waals surface area contributed by atoms with Crippen LogP contribution in [0.3, 0.4) is 0 Å². The number of rotatable bonds is 6. The molecule has 0 amide bonds. The number of carbonyl (C=O) groups is 1. The number of carboxylic acid groups (broad SMARTS) is 1. The zero-order valence-electron chi connectivity index (χ0n) is 10.9. The van der Waals surface area contributed by atoms with E-state index in [2.05, 4.69) is 9.71 Å². The zero-order valence-corrected chi connectivity index (χ0v) is 13.4. The molecule has 2 rings (SSSR count). The Morgan fingerprint density at radius 2 is 2.24 bits per heavy atom. The van der Waals surface area contributed by atoms with Crippen LogP contribution < -0.4 is 4.72 Å². The lowest BCUT2D eigenvalue weighted by Gasteiger charge is -2.06. The van der Waals surface area contributed by atoms with Crippen LogP contribution >= 0.6 is 23.1 Å². The highest BCUT2D eigenvalue weighted by Crippen LogP contribution is 2.24. The van der Waals surface area contributed by atoms with Gasteiger partial charge in [0.15, 0.2) is 0 Å². The largest absolute Gasteiger partial charge is 0.478 e. The van der Waals surface area contributed by atoms with E-state index in [9.17, 15) is 13.2 Å². The van der Waals surface area contributed by atoms with Gasteiger partial charge in [-0.25, -0.2) is 18.2 Å².